The molecule has 0 spiro atoms. The summed E-state index contributed by atoms with van der Waals surface area (Å²) in [4.78, 5) is 35.1. The third-order valence-corrected chi connectivity index (χ3v) is 11.4. The Hall–Kier alpha value is -2.11. The van der Waals surface area contributed by atoms with Gasteiger partial charge in [0.2, 0.25) is 5.91 Å². The van der Waals surface area contributed by atoms with Crippen molar-refractivity contribution >= 4 is 17.8 Å². The number of allylic oxidation sites excluding steroid dienone is 4. The molecule has 6 nitrogen and oxygen atoms in total. The van der Waals surface area contributed by atoms with Crippen molar-refractivity contribution in [3.63, 3.8) is 0 Å². The molecule has 0 radical (unpaired) electrons. The Morgan fingerprint density at radius 2 is 0.807 bits per heavy atom. The van der Waals surface area contributed by atoms with Gasteiger partial charge in [0.25, 0.3) is 0 Å². The van der Waals surface area contributed by atoms with Crippen LogP contribution in [0.4, 0.5) is 0 Å². The van der Waals surface area contributed by atoms with E-state index in [4.69, 9.17) is 9.84 Å². The Morgan fingerprint density at radius 3 is 1.21 bits per heavy atom. The van der Waals surface area contributed by atoms with E-state index in [0.29, 0.717) is 12.8 Å². The van der Waals surface area contributed by atoms with Crippen LogP contribution in [0.25, 0.3) is 0 Å². The zero-order valence-corrected chi connectivity index (χ0v) is 38.0. The highest BCUT2D eigenvalue weighted by atomic mass is 16.5. The molecule has 2 N–H and O–H groups in total. The van der Waals surface area contributed by atoms with Crippen LogP contribution in [-0.4, -0.2) is 35.6 Å². The van der Waals surface area contributed by atoms with Gasteiger partial charge in [0.05, 0.1) is 0 Å². The van der Waals surface area contributed by atoms with E-state index in [9.17, 15) is 14.4 Å². The summed E-state index contributed by atoms with van der Waals surface area (Å²) in [5, 5.41) is 11.1. The van der Waals surface area contributed by atoms with Gasteiger partial charge in [-0.15, -0.1) is 0 Å². The quantitative estimate of drug-likeness (QED) is 0.0363. The second-order valence-electron chi connectivity index (χ2n) is 17.1. The Bertz CT molecular complexity index is 931. The maximum absolute atomic E-state index is 12.8. The fraction of sp³-hybridized carbons (Fsp3) is 0.863. The molecule has 0 aliphatic carbocycles. The van der Waals surface area contributed by atoms with E-state index in [-0.39, 0.29) is 24.5 Å². The smallest absolute Gasteiger partial charge is 0.322 e. The molecule has 334 valence electrons. The molecule has 1 amide bonds. The van der Waals surface area contributed by atoms with Gasteiger partial charge < -0.3 is 15.2 Å². The second kappa shape index (κ2) is 46.6. The number of carbonyl (C=O) groups is 3. The minimum atomic E-state index is -1.01. The van der Waals surface area contributed by atoms with Gasteiger partial charge in [-0.1, -0.05) is 212 Å². The summed E-state index contributed by atoms with van der Waals surface area (Å²) in [6.07, 6.45) is 57.5. The minimum Gasteiger partial charge on any atom is -0.480 e. The molecule has 0 saturated heterocycles. The first-order valence-corrected chi connectivity index (χ1v) is 25.0. The number of esters is 1. The molecule has 0 fully saturated rings. The summed E-state index contributed by atoms with van der Waals surface area (Å²) < 4.78 is 6.06. The van der Waals surface area contributed by atoms with E-state index in [2.05, 4.69) is 43.5 Å². The first-order chi connectivity index (χ1) is 28.0. The fourth-order valence-electron chi connectivity index (χ4n) is 7.67. The number of rotatable bonds is 46. The Kier molecular flexibility index (Phi) is 44.9. The molecule has 0 aliphatic rings. The first kappa shape index (κ1) is 54.9. The van der Waals surface area contributed by atoms with Crippen LogP contribution in [0, 0.1) is 0 Å². The molecule has 0 bridgehead atoms. The highest BCUT2D eigenvalue weighted by molar-refractivity contribution is 5.80. The van der Waals surface area contributed by atoms with Crippen molar-refractivity contribution in [2.75, 3.05) is 6.54 Å². The second-order valence-corrected chi connectivity index (χ2v) is 17.1. The molecule has 1 atom stereocenters. The lowest BCUT2D eigenvalue weighted by atomic mass is 10.0. The lowest BCUT2D eigenvalue weighted by molar-refractivity contribution is -0.150. The molecule has 0 aromatic rings. The molecule has 0 saturated carbocycles. The van der Waals surface area contributed by atoms with Crippen molar-refractivity contribution in [1.82, 2.24) is 5.32 Å². The highest BCUT2D eigenvalue weighted by Crippen LogP contribution is 2.19. The number of hydrogen-bond acceptors (Lipinski definition) is 4. The highest BCUT2D eigenvalue weighted by Gasteiger charge is 2.14. The van der Waals surface area contributed by atoms with Crippen LogP contribution in [0.15, 0.2) is 24.3 Å². The molecule has 0 rings (SSSR count). The van der Waals surface area contributed by atoms with Gasteiger partial charge >= 0.3 is 11.9 Å². The molecule has 1 unspecified atom stereocenters. The molecule has 0 aromatic heterocycles. The number of unbranched alkanes of at least 4 members (excludes halogenated alkanes) is 31. The Morgan fingerprint density at radius 1 is 0.456 bits per heavy atom. The van der Waals surface area contributed by atoms with Crippen LogP contribution in [0.3, 0.4) is 0 Å². The third kappa shape index (κ3) is 46.5. The molecular formula is C51H95NO5. The van der Waals surface area contributed by atoms with E-state index in [1.807, 2.05) is 0 Å². The number of carbonyl (C=O) groups excluding carboxylic acids is 2. The maximum Gasteiger partial charge on any atom is 0.322 e. The maximum atomic E-state index is 12.8. The molecule has 0 aliphatic heterocycles. The van der Waals surface area contributed by atoms with Crippen LogP contribution in [0.1, 0.15) is 271 Å². The monoisotopic (exact) mass is 802 g/mol. The van der Waals surface area contributed by atoms with Gasteiger partial charge in [0.1, 0.15) is 12.6 Å². The standard InChI is InChI=1S/C51H95NO5/c1-3-5-7-9-11-13-15-17-18-19-20-21-22-23-24-25-26-27-29-31-33-38-42-46-51(56)57-48(43-39-35-32-30-28-16-14-12-10-8-6-4-2)44-40-36-34-37-41-45-49(53)52-47-50(54)55/h15,17,19-20,48H,3-14,16,18,21-47H2,1-2H3,(H,52,53)(H,54,55)/b17-15-,20-19-. The number of hydrogen-bond donors (Lipinski definition) is 2. The van der Waals surface area contributed by atoms with Gasteiger partial charge in [0, 0.05) is 12.8 Å². The SMILES string of the molecule is CCCCCCC/C=C\C/C=C\CCCCCCCCCCCCCC(=O)OC(CCCCCCCCCCCCCC)CCCCCCCC(=O)NCC(=O)O. The average Bonchev–Trinajstić information content (AvgIpc) is 3.20. The predicted molar refractivity (Wildman–Crippen MR) is 245 cm³/mol. The third-order valence-electron chi connectivity index (χ3n) is 11.4. The minimum absolute atomic E-state index is 0.0119. The van der Waals surface area contributed by atoms with Crippen LogP contribution < -0.4 is 5.32 Å². The normalized spacial score (nSPS) is 12.2. The Labute approximate surface area is 354 Å². The van der Waals surface area contributed by atoms with Gasteiger partial charge in [-0.25, -0.2) is 0 Å². The van der Waals surface area contributed by atoms with E-state index in [0.717, 1.165) is 70.6 Å². The summed E-state index contributed by atoms with van der Waals surface area (Å²) in [6, 6.07) is 0. The van der Waals surface area contributed by atoms with E-state index in [1.54, 1.807) is 0 Å². The zero-order chi connectivity index (χ0) is 41.5. The lowest BCUT2D eigenvalue weighted by Crippen LogP contribution is -2.28. The van der Waals surface area contributed by atoms with Gasteiger partial charge in [-0.3, -0.25) is 14.4 Å². The number of carboxylic acid groups (broad SMARTS) is 1. The van der Waals surface area contributed by atoms with Crippen molar-refractivity contribution in [2.24, 2.45) is 0 Å². The van der Waals surface area contributed by atoms with Crippen LogP contribution in [0.5, 0.6) is 0 Å². The van der Waals surface area contributed by atoms with Crippen LogP contribution >= 0.6 is 0 Å². The van der Waals surface area contributed by atoms with Crippen LogP contribution in [0.2, 0.25) is 0 Å². The van der Waals surface area contributed by atoms with Gasteiger partial charge in [0.15, 0.2) is 0 Å². The van der Waals surface area contributed by atoms with Gasteiger partial charge in [-0.2, -0.15) is 0 Å². The molecule has 0 heterocycles. The van der Waals surface area contributed by atoms with Crippen LogP contribution in [-0.2, 0) is 19.1 Å². The van der Waals surface area contributed by atoms with Crippen molar-refractivity contribution in [3.8, 4) is 0 Å². The van der Waals surface area contributed by atoms with E-state index >= 15 is 0 Å². The Balaban J connectivity index is 4.02. The summed E-state index contributed by atoms with van der Waals surface area (Å²) >= 11 is 0. The zero-order valence-electron chi connectivity index (χ0n) is 38.0. The topological polar surface area (TPSA) is 92.7 Å². The van der Waals surface area contributed by atoms with Crippen molar-refractivity contribution in [1.29, 1.82) is 0 Å². The average molecular weight is 802 g/mol. The van der Waals surface area contributed by atoms with Crippen molar-refractivity contribution < 1.29 is 24.2 Å². The van der Waals surface area contributed by atoms with E-state index < -0.39 is 5.97 Å². The first-order valence-electron chi connectivity index (χ1n) is 25.0. The van der Waals surface area contributed by atoms with Crippen molar-refractivity contribution in [3.05, 3.63) is 24.3 Å². The predicted octanol–water partition coefficient (Wildman–Crippen LogP) is 15.9. The van der Waals surface area contributed by atoms with E-state index in [1.165, 1.54) is 173 Å². The molecule has 57 heavy (non-hydrogen) atoms. The summed E-state index contributed by atoms with van der Waals surface area (Å²) in [7, 11) is 0. The number of carboxylic acids is 1. The summed E-state index contributed by atoms with van der Waals surface area (Å²) in [6.45, 7) is 4.24. The van der Waals surface area contributed by atoms with Gasteiger partial charge in [-0.05, 0) is 70.6 Å². The molecule has 0 aromatic carbocycles. The number of nitrogens with one attached hydrogen (secondary N) is 1. The number of amides is 1. The number of aliphatic carboxylic acids is 1. The molecule has 6 heteroatoms. The number of ether oxygens (including phenoxy) is 1. The lowest BCUT2D eigenvalue weighted by Gasteiger charge is -2.18. The summed E-state index contributed by atoms with van der Waals surface area (Å²) in [5.74, 6) is -1.22. The largest absolute Gasteiger partial charge is 0.480 e. The molecular weight excluding hydrogens is 707 g/mol. The summed E-state index contributed by atoms with van der Waals surface area (Å²) in [5.41, 5.74) is 0. The van der Waals surface area contributed by atoms with Crippen molar-refractivity contribution in [2.45, 2.75) is 277 Å². The fourth-order valence-corrected chi connectivity index (χ4v) is 7.67.